The van der Waals surface area contributed by atoms with E-state index in [4.69, 9.17) is 5.11 Å². The second kappa shape index (κ2) is 6.75. The van der Waals surface area contributed by atoms with Crippen LogP contribution in [0.4, 0.5) is 10.5 Å². The number of urea groups is 1. The average molecular weight is 276 g/mol. The van der Waals surface area contributed by atoms with Crippen molar-refractivity contribution >= 4 is 17.7 Å². The molecular weight excluding hydrogens is 256 g/mol. The van der Waals surface area contributed by atoms with Crippen molar-refractivity contribution in [3.05, 3.63) is 42.0 Å². The van der Waals surface area contributed by atoms with Gasteiger partial charge in [-0.25, -0.2) is 9.59 Å². The summed E-state index contributed by atoms with van der Waals surface area (Å²) in [6, 6.07) is 4.57. The molecule has 1 rings (SSSR count). The van der Waals surface area contributed by atoms with E-state index in [2.05, 4.69) is 11.9 Å². The lowest BCUT2D eigenvalue weighted by atomic mass is 10.1. The van der Waals surface area contributed by atoms with Crippen LogP contribution in [-0.2, 0) is 0 Å². The van der Waals surface area contributed by atoms with Gasteiger partial charge in [-0.05, 0) is 38.5 Å². The van der Waals surface area contributed by atoms with Crippen molar-refractivity contribution in [3.8, 4) is 0 Å². The first-order valence-electron chi connectivity index (χ1n) is 6.39. The number of carboxylic acid groups (broad SMARTS) is 1. The Morgan fingerprint density at radius 2 is 2.10 bits per heavy atom. The van der Waals surface area contributed by atoms with Crippen molar-refractivity contribution in [1.29, 1.82) is 0 Å². The number of carbonyl (C=O) groups excluding carboxylic acids is 1. The van der Waals surface area contributed by atoms with Crippen LogP contribution in [0.15, 0.2) is 30.9 Å². The molecule has 2 N–H and O–H groups in total. The van der Waals surface area contributed by atoms with E-state index in [0.717, 1.165) is 0 Å². The average Bonchev–Trinajstić information content (AvgIpc) is 2.37. The first-order valence-corrected chi connectivity index (χ1v) is 6.39. The summed E-state index contributed by atoms with van der Waals surface area (Å²) in [7, 11) is 0. The van der Waals surface area contributed by atoms with Gasteiger partial charge >= 0.3 is 12.0 Å². The van der Waals surface area contributed by atoms with Crippen LogP contribution in [-0.4, -0.2) is 34.6 Å². The number of nitrogens with one attached hydrogen (secondary N) is 1. The zero-order chi connectivity index (χ0) is 15.3. The van der Waals surface area contributed by atoms with E-state index < -0.39 is 5.97 Å². The Balaban J connectivity index is 2.92. The second-order valence-corrected chi connectivity index (χ2v) is 4.80. The lowest BCUT2D eigenvalue weighted by Gasteiger charge is -2.25. The fourth-order valence-electron chi connectivity index (χ4n) is 1.79. The second-order valence-electron chi connectivity index (χ2n) is 4.80. The smallest absolute Gasteiger partial charge is 0.336 e. The molecule has 0 unspecified atom stereocenters. The van der Waals surface area contributed by atoms with Crippen molar-refractivity contribution in [3.63, 3.8) is 0 Å². The van der Waals surface area contributed by atoms with Gasteiger partial charge in [-0.3, -0.25) is 0 Å². The Hall–Kier alpha value is -2.30. The van der Waals surface area contributed by atoms with Crippen LogP contribution in [0, 0.1) is 6.92 Å². The molecule has 0 heterocycles. The van der Waals surface area contributed by atoms with Gasteiger partial charge in [0, 0.05) is 18.3 Å². The number of anilines is 1. The van der Waals surface area contributed by atoms with Crippen molar-refractivity contribution in [2.75, 3.05) is 11.9 Å². The van der Waals surface area contributed by atoms with Crippen molar-refractivity contribution in [2.24, 2.45) is 0 Å². The molecule has 0 saturated heterocycles. The molecule has 1 aromatic carbocycles. The third-order valence-corrected chi connectivity index (χ3v) is 2.93. The van der Waals surface area contributed by atoms with Gasteiger partial charge in [-0.2, -0.15) is 0 Å². The fourth-order valence-corrected chi connectivity index (χ4v) is 1.79. The van der Waals surface area contributed by atoms with Crippen LogP contribution >= 0.6 is 0 Å². The van der Waals surface area contributed by atoms with Crippen LogP contribution in [0.3, 0.4) is 0 Å². The van der Waals surface area contributed by atoms with E-state index in [1.54, 1.807) is 30.0 Å². The molecule has 0 bridgehead atoms. The van der Waals surface area contributed by atoms with Crippen LogP contribution in [0.2, 0.25) is 0 Å². The molecule has 0 fully saturated rings. The largest absolute Gasteiger partial charge is 0.478 e. The first kappa shape index (κ1) is 15.8. The highest BCUT2D eigenvalue weighted by Crippen LogP contribution is 2.16. The van der Waals surface area contributed by atoms with Crippen LogP contribution in [0.25, 0.3) is 0 Å². The molecule has 20 heavy (non-hydrogen) atoms. The maximum absolute atomic E-state index is 12.1. The van der Waals surface area contributed by atoms with Crippen LogP contribution in [0.1, 0.15) is 29.8 Å². The van der Waals surface area contributed by atoms with E-state index in [-0.39, 0.29) is 17.6 Å². The molecule has 5 nitrogen and oxygen atoms in total. The molecule has 0 atom stereocenters. The summed E-state index contributed by atoms with van der Waals surface area (Å²) in [6.07, 6.45) is 1.65. The molecular formula is C15H20N2O3. The molecule has 1 aromatic rings. The summed E-state index contributed by atoms with van der Waals surface area (Å²) >= 11 is 0. The molecule has 108 valence electrons. The van der Waals surface area contributed by atoms with Crippen LogP contribution < -0.4 is 5.32 Å². The normalized spacial score (nSPS) is 10.2. The van der Waals surface area contributed by atoms with Gasteiger partial charge in [-0.15, -0.1) is 6.58 Å². The molecule has 0 saturated carbocycles. The van der Waals surface area contributed by atoms with Crippen molar-refractivity contribution in [1.82, 2.24) is 4.90 Å². The molecule has 0 aromatic heterocycles. The zero-order valence-corrected chi connectivity index (χ0v) is 12.0. The molecule has 0 aliphatic rings. The number of hydrogen-bond donors (Lipinski definition) is 2. The maximum Gasteiger partial charge on any atom is 0.336 e. The van der Waals surface area contributed by atoms with Crippen LogP contribution in [0.5, 0.6) is 0 Å². The molecule has 0 aliphatic carbocycles. The number of carboxylic acids is 1. The predicted octanol–water partition coefficient (Wildman–Crippen LogP) is 3.12. The highest BCUT2D eigenvalue weighted by molar-refractivity contribution is 5.94. The Morgan fingerprint density at radius 3 is 2.60 bits per heavy atom. The minimum Gasteiger partial charge on any atom is -0.478 e. The number of amides is 2. The lowest BCUT2D eigenvalue weighted by Crippen LogP contribution is -2.40. The third kappa shape index (κ3) is 3.85. The minimum atomic E-state index is -1.01. The predicted molar refractivity (Wildman–Crippen MR) is 79.2 cm³/mol. The first-order chi connectivity index (χ1) is 9.36. The van der Waals surface area contributed by atoms with Gasteiger partial charge in [0.25, 0.3) is 0 Å². The standard InChI is InChI=1S/C15H20N2O3/c1-5-8-17(10(2)3)15(20)16-12-7-6-11(4)13(9-12)14(18)19/h5-7,9-10H,1,8H2,2-4H3,(H,16,20)(H,18,19). The number of nitrogens with zero attached hydrogens (tertiary/aromatic N) is 1. The van der Waals surface area contributed by atoms with E-state index >= 15 is 0 Å². The number of carbonyl (C=O) groups is 2. The third-order valence-electron chi connectivity index (χ3n) is 2.93. The summed E-state index contributed by atoms with van der Waals surface area (Å²) in [5.74, 6) is -1.01. The zero-order valence-electron chi connectivity index (χ0n) is 12.0. The van der Waals surface area contributed by atoms with Crippen molar-refractivity contribution in [2.45, 2.75) is 26.8 Å². The van der Waals surface area contributed by atoms with Gasteiger partial charge in [-0.1, -0.05) is 12.1 Å². The number of aryl methyl sites for hydroxylation is 1. The summed E-state index contributed by atoms with van der Waals surface area (Å²) in [6.45, 7) is 9.58. The van der Waals surface area contributed by atoms with E-state index in [1.165, 1.54) is 6.07 Å². The van der Waals surface area contributed by atoms with E-state index in [0.29, 0.717) is 17.8 Å². The van der Waals surface area contributed by atoms with Gasteiger partial charge < -0.3 is 15.3 Å². The quantitative estimate of drug-likeness (QED) is 0.812. The number of rotatable bonds is 5. The summed E-state index contributed by atoms with van der Waals surface area (Å²) < 4.78 is 0. The fraction of sp³-hybridized carbons (Fsp3) is 0.333. The highest BCUT2D eigenvalue weighted by atomic mass is 16.4. The summed E-state index contributed by atoms with van der Waals surface area (Å²) in [5, 5.41) is 11.8. The minimum absolute atomic E-state index is 0.0254. The Kier molecular flexibility index (Phi) is 5.32. The van der Waals surface area contributed by atoms with Gasteiger partial charge in [0.1, 0.15) is 0 Å². The molecule has 0 radical (unpaired) electrons. The number of aromatic carboxylic acids is 1. The topological polar surface area (TPSA) is 69.6 Å². The van der Waals surface area contributed by atoms with Crippen molar-refractivity contribution < 1.29 is 14.7 Å². The Labute approximate surface area is 118 Å². The maximum atomic E-state index is 12.1. The summed E-state index contributed by atoms with van der Waals surface area (Å²) in [4.78, 5) is 24.8. The Morgan fingerprint density at radius 1 is 1.45 bits per heavy atom. The Bertz CT molecular complexity index is 524. The monoisotopic (exact) mass is 276 g/mol. The molecule has 0 spiro atoms. The van der Waals surface area contributed by atoms with Gasteiger partial charge in [0.2, 0.25) is 0 Å². The SMILES string of the molecule is C=CCN(C(=O)Nc1ccc(C)c(C(=O)O)c1)C(C)C. The molecule has 5 heteroatoms. The van der Waals surface area contributed by atoms with Gasteiger partial charge in [0.05, 0.1) is 5.56 Å². The highest BCUT2D eigenvalue weighted by Gasteiger charge is 2.16. The molecule has 2 amide bonds. The van der Waals surface area contributed by atoms with E-state index in [9.17, 15) is 9.59 Å². The number of benzene rings is 1. The molecule has 0 aliphatic heterocycles. The summed E-state index contributed by atoms with van der Waals surface area (Å²) in [5.41, 5.74) is 1.30. The lowest BCUT2D eigenvalue weighted by molar-refractivity contribution is 0.0696. The van der Waals surface area contributed by atoms with E-state index in [1.807, 2.05) is 13.8 Å². The number of hydrogen-bond acceptors (Lipinski definition) is 2. The van der Waals surface area contributed by atoms with Gasteiger partial charge in [0.15, 0.2) is 0 Å².